The van der Waals surface area contributed by atoms with Crippen LogP contribution in [0.15, 0.2) is 12.2 Å². The van der Waals surface area contributed by atoms with Crippen molar-refractivity contribution in [1.29, 1.82) is 0 Å². The monoisotopic (exact) mass is 310 g/mol. The molecule has 0 spiro atoms. The van der Waals surface area contributed by atoms with E-state index in [2.05, 4.69) is 6.58 Å². The smallest absolute Gasteiger partial charge is 0.326 e. The molecule has 0 aliphatic carbocycles. The zero-order valence-corrected chi connectivity index (χ0v) is 13.6. The lowest BCUT2D eigenvalue weighted by molar-refractivity contribution is -0.154. The minimum atomic E-state index is -0.532. The minimum Gasteiger partial charge on any atom is -0.454 e. The van der Waals surface area contributed by atoms with Gasteiger partial charge in [0, 0.05) is 26.1 Å². The van der Waals surface area contributed by atoms with E-state index in [0.717, 1.165) is 24.8 Å². The fourth-order valence-electron chi connectivity index (χ4n) is 2.34. The Kier molecular flexibility index (Phi) is 7.63. The molecule has 1 rings (SSSR count). The van der Waals surface area contributed by atoms with Gasteiger partial charge in [-0.15, -0.1) is 0 Å². The molecule has 0 aromatic carbocycles. The van der Waals surface area contributed by atoms with E-state index >= 15 is 0 Å². The first-order valence-electron chi connectivity index (χ1n) is 7.79. The third-order valence-corrected chi connectivity index (χ3v) is 3.54. The van der Waals surface area contributed by atoms with Crippen molar-refractivity contribution in [3.05, 3.63) is 12.2 Å². The fraction of sp³-hybridized carbons (Fsp3) is 0.688. The van der Waals surface area contributed by atoms with Crippen molar-refractivity contribution in [3.8, 4) is 0 Å². The number of nitrogens with zero attached hydrogens (tertiary/aromatic N) is 2. The predicted molar refractivity (Wildman–Crippen MR) is 83.1 cm³/mol. The van der Waals surface area contributed by atoms with E-state index in [1.807, 2.05) is 13.8 Å². The van der Waals surface area contributed by atoms with Gasteiger partial charge in [0.2, 0.25) is 5.91 Å². The number of amides is 2. The number of hydrogen-bond acceptors (Lipinski definition) is 4. The lowest BCUT2D eigenvalue weighted by Gasteiger charge is -2.22. The lowest BCUT2D eigenvalue weighted by atomic mass is 10.2. The molecule has 0 aromatic rings. The molecule has 6 nitrogen and oxygen atoms in total. The molecule has 2 amide bonds. The molecule has 0 saturated carbocycles. The van der Waals surface area contributed by atoms with Crippen molar-refractivity contribution in [1.82, 2.24) is 9.80 Å². The molecule has 1 heterocycles. The van der Waals surface area contributed by atoms with Crippen LogP contribution in [0.1, 0.15) is 39.5 Å². The van der Waals surface area contributed by atoms with Crippen molar-refractivity contribution < 1.29 is 19.1 Å². The Morgan fingerprint density at radius 3 is 2.68 bits per heavy atom. The fourth-order valence-corrected chi connectivity index (χ4v) is 2.34. The predicted octanol–water partition coefficient (Wildman–Crippen LogP) is 1.36. The molecule has 0 aromatic heterocycles. The number of likely N-dealkylation sites (N-methyl/N-ethyl adjacent to an activating group) is 1. The van der Waals surface area contributed by atoms with Gasteiger partial charge in [-0.2, -0.15) is 0 Å². The van der Waals surface area contributed by atoms with E-state index in [0.29, 0.717) is 26.1 Å². The zero-order chi connectivity index (χ0) is 16.5. The van der Waals surface area contributed by atoms with Gasteiger partial charge < -0.3 is 14.5 Å². The van der Waals surface area contributed by atoms with Crippen LogP contribution >= 0.6 is 0 Å². The second-order valence-corrected chi connectivity index (χ2v) is 5.65. The number of carbonyl (C=O) groups excluding carboxylic acids is 3. The molecular weight excluding hydrogens is 284 g/mol. The van der Waals surface area contributed by atoms with E-state index in [9.17, 15) is 14.4 Å². The van der Waals surface area contributed by atoms with E-state index in [4.69, 9.17) is 4.74 Å². The van der Waals surface area contributed by atoms with Crippen molar-refractivity contribution in [2.24, 2.45) is 0 Å². The van der Waals surface area contributed by atoms with Gasteiger partial charge in [-0.05, 0) is 26.7 Å². The number of carbonyl (C=O) groups is 3. The molecular formula is C16H26N2O4. The summed E-state index contributed by atoms with van der Waals surface area (Å²) in [6, 6.07) is 0. The molecule has 0 N–H and O–H groups in total. The first-order valence-corrected chi connectivity index (χ1v) is 7.79. The second kappa shape index (κ2) is 9.23. The molecule has 0 radical (unpaired) electrons. The highest BCUT2D eigenvalue weighted by Gasteiger charge is 2.21. The summed E-state index contributed by atoms with van der Waals surface area (Å²) in [5, 5.41) is 0. The van der Waals surface area contributed by atoms with Gasteiger partial charge >= 0.3 is 5.97 Å². The third kappa shape index (κ3) is 6.28. The van der Waals surface area contributed by atoms with Crippen LogP contribution in [-0.4, -0.2) is 60.4 Å². The normalized spacial score (nSPS) is 15.2. The molecule has 1 aliphatic heterocycles. The maximum atomic E-state index is 12.0. The van der Waals surface area contributed by atoms with Crippen LogP contribution in [0, 0.1) is 0 Å². The molecule has 6 heteroatoms. The van der Waals surface area contributed by atoms with Gasteiger partial charge in [0.05, 0.1) is 0 Å². The Balaban J connectivity index is 2.39. The summed E-state index contributed by atoms with van der Waals surface area (Å²) in [6.45, 7) is 8.68. The summed E-state index contributed by atoms with van der Waals surface area (Å²) in [4.78, 5) is 38.6. The summed E-state index contributed by atoms with van der Waals surface area (Å²) in [7, 11) is 0. The highest BCUT2D eigenvalue weighted by molar-refractivity contribution is 5.84. The van der Waals surface area contributed by atoms with E-state index in [1.165, 1.54) is 4.90 Å². The number of likely N-dealkylation sites (tertiary alicyclic amines) is 1. The topological polar surface area (TPSA) is 66.9 Å². The minimum absolute atomic E-state index is 0.0155. The van der Waals surface area contributed by atoms with E-state index < -0.39 is 5.97 Å². The van der Waals surface area contributed by atoms with Crippen LogP contribution in [0.25, 0.3) is 0 Å². The number of hydrogen-bond donors (Lipinski definition) is 0. The highest BCUT2D eigenvalue weighted by Crippen LogP contribution is 2.10. The molecule has 22 heavy (non-hydrogen) atoms. The summed E-state index contributed by atoms with van der Waals surface area (Å²) < 4.78 is 5.01. The second-order valence-electron chi connectivity index (χ2n) is 5.65. The van der Waals surface area contributed by atoms with Crippen LogP contribution in [0.3, 0.4) is 0 Å². The van der Waals surface area contributed by atoms with E-state index in [1.54, 1.807) is 4.90 Å². The first-order chi connectivity index (χ1) is 10.4. The van der Waals surface area contributed by atoms with Gasteiger partial charge in [0.15, 0.2) is 6.61 Å². The number of esters is 1. The molecule has 0 bridgehead atoms. The SMILES string of the molecule is C=C(C)CN(CC)C(=O)COC(=O)CN1CCCCCC1=O. The van der Waals surface area contributed by atoms with Gasteiger partial charge in [-0.1, -0.05) is 18.6 Å². The third-order valence-electron chi connectivity index (χ3n) is 3.54. The highest BCUT2D eigenvalue weighted by atomic mass is 16.5. The summed E-state index contributed by atoms with van der Waals surface area (Å²) in [5.41, 5.74) is 0.872. The zero-order valence-electron chi connectivity index (χ0n) is 13.6. The average molecular weight is 310 g/mol. The largest absolute Gasteiger partial charge is 0.454 e. The van der Waals surface area contributed by atoms with Crippen LogP contribution in [-0.2, 0) is 19.1 Å². The first kappa shape index (κ1) is 18.2. The van der Waals surface area contributed by atoms with Crippen molar-refractivity contribution in [2.45, 2.75) is 39.5 Å². The summed E-state index contributed by atoms with van der Waals surface area (Å²) in [5.74, 6) is -0.797. The van der Waals surface area contributed by atoms with Crippen LogP contribution < -0.4 is 0 Å². The quantitative estimate of drug-likeness (QED) is 0.526. The molecule has 1 aliphatic rings. The summed E-state index contributed by atoms with van der Waals surface area (Å²) >= 11 is 0. The average Bonchev–Trinajstić information content (AvgIpc) is 2.67. The Bertz CT molecular complexity index is 434. The molecule has 124 valence electrons. The van der Waals surface area contributed by atoms with Gasteiger partial charge in [-0.25, -0.2) is 0 Å². The Labute approximate surface area is 132 Å². The molecule has 0 unspecified atom stereocenters. The molecule has 0 atom stereocenters. The molecule has 1 fully saturated rings. The number of rotatable bonds is 7. The van der Waals surface area contributed by atoms with Crippen LogP contribution in [0.2, 0.25) is 0 Å². The Morgan fingerprint density at radius 1 is 1.32 bits per heavy atom. The van der Waals surface area contributed by atoms with Crippen molar-refractivity contribution >= 4 is 17.8 Å². The Hall–Kier alpha value is -1.85. The summed E-state index contributed by atoms with van der Waals surface area (Å²) in [6.07, 6.45) is 3.26. The Morgan fingerprint density at radius 2 is 2.05 bits per heavy atom. The van der Waals surface area contributed by atoms with E-state index in [-0.39, 0.29) is 25.0 Å². The maximum Gasteiger partial charge on any atom is 0.326 e. The standard InChI is InChI=1S/C16H26N2O4/c1-4-17(10-13(2)3)15(20)12-22-16(21)11-18-9-7-5-6-8-14(18)19/h2,4-12H2,1,3H3. The van der Waals surface area contributed by atoms with Gasteiger partial charge in [-0.3, -0.25) is 14.4 Å². The molecule has 1 saturated heterocycles. The van der Waals surface area contributed by atoms with Crippen molar-refractivity contribution in [3.63, 3.8) is 0 Å². The lowest BCUT2D eigenvalue weighted by Crippen LogP contribution is -2.39. The number of ether oxygens (including phenoxy) is 1. The maximum absolute atomic E-state index is 12.0. The van der Waals surface area contributed by atoms with Crippen LogP contribution in [0.5, 0.6) is 0 Å². The van der Waals surface area contributed by atoms with Gasteiger partial charge in [0.1, 0.15) is 6.54 Å². The van der Waals surface area contributed by atoms with Crippen LogP contribution in [0.4, 0.5) is 0 Å². The van der Waals surface area contributed by atoms with Crippen molar-refractivity contribution in [2.75, 3.05) is 32.8 Å². The van der Waals surface area contributed by atoms with Gasteiger partial charge in [0.25, 0.3) is 5.91 Å².